The van der Waals surface area contributed by atoms with Crippen LogP contribution >= 0.6 is 11.8 Å². The van der Waals surface area contributed by atoms with Gasteiger partial charge < -0.3 is 0 Å². The normalized spacial score (nSPS) is 29.7. The van der Waals surface area contributed by atoms with E-state index in [4.69, 9.17) is 11.3 Å². The molecule has 2 nitrogen and oxygen atoms in total. The smallest absolute Gasteiger partial charge is 0.128 e. The van der Waals surface area contributed by atoms with Gasteiger partial charge in [-0.1, -0.05) is 12.8 Å². The Morgan fingerprint density at radius 2 is 2.58 bits per heavy atom. The second kappa shape index (κ2) is 5.47. The minimum atomic E-state index is 0.355. The average molecular weight is 185 g/mol. The highest BCUT2D eigenvalue weighted by atomic mass is 32.2. The molecule has 1 rings (SSSR count). The maximum atomic E-state index is 5.09. The van der Waals surface area contributed by atoms with Gasteiger partial charge in [-0.2, -0.15) is 17.2 Å². The van der Waals surface area contributed by atoms with Crippen LogP contribution in [0.5, 0.6) is 0 Å². The Morgan fingerprint density at radius 1 is 1.75 bits per heavy atom. The summed E-state index contributed by atoms with van der Waals surface area (Å²) in [7, 11) is 0. The average Bonchev–Trinajstić information content (AvgIpc) is 2.09. The van der Waals surface area contributed by atoms with Crippen molar-refractivity contribution in [3.63, 3.8) is 0 Å². The summed E-state index contributed by atoms with van der Waals surface area (Å²) >= 11 is 1.99. The predicted octanol–water partition coefficient (Wildman–Crippen LogP) is 1.42. The minimum absolute atomic E-state index is 0.355. The van der Waals surface area contributed by atoms with Crippen molar-refractivity contribution in [3.05, 3.63) is 0 Å². The first-order valence-electron chi connectivity index (χ1n) is 4.27. The maximum Gasteiger partial charge on any atom is 0.128 e. The molecule has 0 amide bonds. The molecule has 2 atom stereocenters. The van der Waals surface area contributed by atoms with E-state index in [0.29, 0.717) is 17.9 Å². The van der Waals surface area contributed by atoms with Crippen molar-refractivity contribution < 1.29 is 4.84 Å². The van der Waals surface area contributed by atoms with E-state index in [0.717, 1.165) is 0 Å². The van der Waals surface area contributed by atoms with Crippen molar-refractivity contribution in [2.75, 3.05) is 12.4 Å². The lowest BCUT2D eigenvalue weighted by molar-refractivity contribution is 0.0353. The molecule has 1 fully saturated rings. The van der Waals surface area contributed by atoms with E-state index in [2.05, 4.69) is 18.3 Å². The molecular weight excluding hydrogens is 170 g/mol. The van der Waals surface area contributed by atoms with Crippen molar-refractivity contribution >= 4 is 11.8 Å². The fourth-order valence-corrected chi connectivity index (χ4v) is 2.40. The molecule has 1 aliphatic heterocycles. The Hall–Kier alpha value is -0.170. The first-order valence-corrected chi connectivity index (χ1v) is 5.32. The zero-order valence-corrected chi connectivity index (χ0v) is 8.19. The van der Waals surface area contributed by atoms with Gasteiger partial charge in [0.15, 0.2) is 0 Å². The number of thioether (sulfide) groups is 1. The molecule has 0 radical (unpaired) electrons. The Kier molecular flexibility index (Phi) is 4.52. The summed E-state index contributed by atoms with van der Waals surface area (Å²) in [6, 6.07) is 0.470. The van der Waals surface area contributed by atoms with Crippen LogP contribution in [0.1, 0.15) is 19.8 Å². The Bertz CT molecular complexity index is 166. The summed E-state index contributed by atoms with van der Waals surface area (Å²) in [4.78, 5) is 5.09. The van der Waals surface area contributed by atoms with Gasteiger partial charge >= 0.3 is 0 Å². The van der Waals surface area contributed by atoms with Gasteiger partial charge in [0.1, 0.15) is 6.61 Å². The van der Waals surface area contributed by atoms with Crippen LogP contribution in [-0.4, -0.2) is 23.7 Å². The van der Waals surface area contributed by atoms with Gasteiger partial charge in [0, 0.05) is 11.3 Å². The van der Waals surface area contributed by atoms with Crippen LogP contribution in [0.25, 0.3) is 0 Å². The lowest BCUT2D eigenvalue weighted by atomic mass is 10.1. The predicted molar refractivity (Wildman–Crippen MR) is 52.9 cm³/mol. The molecule has 0 aromatic rings. The monoisotopic (exact) mass is 185 g/mol. The van der Waals surface area contributed by atoms with Gasteiger partial charge in [0.2, 0.25) is 0 Å². The summed E-state index contributed by atoms with van der Waals surface area (Å²) < 4.78 is 0. The van der Waals surface area contributed by atoms with Gasteiger partial charge in [-0.25, -0.2) is 0 Å². The lowest BCUT2D eigenvalue weighted by Crippen LogP contribution is -2.39. The van der Waals surface area contributed by atoms with Crippen LogP contribution < -0.4 is 5.48 Å². The SMILES string of the molecule is C#CCONC1CCCSC1C. The van der Waals surface area contributed by atoms with E-state index in [1.807, 2.05) is 11.8 Å². The Labute approximate surface area is 78.4 Å². The van der Waals surface area contributed by atoms with Crippen molar-refractivity contribution in [3.8, 4) is 12.3 Å². The Balaban J connectivity index is 2.16. The van der Waals surface area contributed by atoms with E-state index < -0.39 is 0 Å². The number of hydrogen-bond acceptors (Lipinski definition) is 3. The first-order chi connectivity index (χ1) is 5.84. The zero-order chi connectivity index (χ0) is 8.81. The quantitative estimate of drug-likeness (QED) is 0.408. The van der Waals surface area contributed by atoms with Crippen LogP contribution in [0.4, 0.5) is 0 Å². The van der Waals surface area contributed by atoms with Crippen molar-refractivity contribution in [1.29, 1.82) is 0 Å². The van der Waals surface area contributed by atoms with E-state index in [1.165, 1.54) is 18.6 Å². The van der Waals surface area contributed by atoms with Gasteiger partial charge in [0.25, 0.3) is 0 Å². The minimum Gasteiger partial charge on any atom is -0.289 e. The molecule has 1 saturated heterocycles. The highest BCUT2D eigenvalue weighted by Crippen LogP contribution is 2.24. The van der Waals surface area contributed by atoms with Gasteiger partial charge in [-0.15, -0.1) is 6.42 Å². The molecule has 0 saturated carbocycles. The lowest BCUT2D eigenvalue weighted by Gasteiger charge is -2.28. The third-order valence-electron chi connectivity index (χ3n) is 2.00. The molecule has 0 bridgehead atoms. The maximum absolute atomic E-state index is 5.09. The van der Waals surface area contributed by atoms with E-state index in [-0.39, 0.29) is 0 Å². The van der Waals surface area contributed by atoms with Crippen LogP contribution in [-0.2, 0) is 4.84 Å². The van der Waals surface area contributed by atoms with E-state index >= 15 is 0 Å². The molecule has 0 spiro atoms. The van der Waals surface area contributed by atoms with Crippen molar-refractivity contribution in [1.82, 2.24) is 5.48 Å². The molecule has 1 aliphatic rings. The third-order valence-corrected chi connectivity index (χ3v) is 3.38. The summed E-state index contributed by atoms with van der Waals surface area (Å²) in [5.41, 5.74) is 3.01. The number of nitrogens with one attached hydrogen (secondary N) is 1. The number of hydroxylamine groups is 1. The summed E-state index contributed by atoms with van der Waals surface area (Å²) in [6.07, 6.45) is 7.52. The second-order valence-corrected chi connectivity index (χ2v) is 4.42. The summed E-state index contributed by atoms with van der Waals surface area (Å²) in [5, 5.41) is 0.636. The third kappa shape index (κ3) is 3.06. The van der Waals surface area contributed by atoms with Crippen LogP contribution in [0.15, 0.2) is 0 Å². The van der Waals surface area contributed by atoms with Gasteiger partial charge in [0.05, 0.1) is 0 Å². The van der Waals surface area contributed by atoms with E-state index in [9.17, 15) is 0 Å². The fourth-order valence-electron chi connectivity index (χ4n) is 1.27. The molecule has 3 heteroatoms. The van der Waals surface area contributed by atoms with Crippen molar-refractivity contribution in [2.24, 2.45) is 0 Å². The highest BCUT2D eigenvalue weighted by Gasteiger charge is 2.21. The standard InChI is InChI=1S/C9H15NOS/c1-3-6-11-10-9-5-4-7-12-8(9)2/h1,8-10H,4-7H2,2H3. The molecule has 1 heterocycles. The molecule has 0 aromatic carbocycles. The van der Waals surface area contributed by atoms with Crippen molar-refractivity contribution in [2.45, 2.75) is 31.1 Å². The number of rotatable bonds is 3. The summed E-state index contributed by atoms with van der Waals surface area (Å²) in [5.74, 6) is 3.70. The van der Waals surface area contributed by atoms with Crippen LogP contribution in [0.3, 0.4) is 0 Å². The molecule has 0 aromatic heterocycles. The molecule has 12 heavy (non-hydrogen) atoms. The fraction of sp³-hybridized carbons (Fsp3) is 0.778. The molecule has 68 valence electrons. The Morgan fingerprint density at radius 3 is 3.25 bits per heavy atom. The van der Waals surface area contributed by atoms with Crippen LogP contribution in [0, 0.1) is 12.3 Å². The second-order valence-electron chi connectivity index (χ2n) is 2.94. The van der Waals surface area contributed by atoms with Gasteiger partial charge in [-0.3, -0.25) is 4.84 Å². The first kappa shape index (κ1) is 9.91. The molecular formula is C9H15NOS. The topological polar surface area (TPSA) is 21.3 Å². The molecule has 0 aliphatic carbocycles. The highest BCUT2D eigenvalue weighted by molar-refractivity contribution is 7.99. The molecule has 2 unspecified atom stereocenters. The van der Waals surface area contributed by atoms with Crippen LogP contribution in [0.2, 0.25) is 0 Å². The zero-order valence-electron chi connectivity index (χ0n) is 7.38. The largest absolute Gasteiger partial charge is 0.289 e. The van der Waals surface area contributed by atoms with E-state index in [1.54, 1.807) is 0 Å². The number of hydrogen-bond donors (Lipinski definition) is 1. The summed E-state index contributed by atoms with van der Waals surface area (Å²) in [6.45, 7) is 2.58. The number of terminal acetylenes is 1. The molecule has 1 N–H and O–H groups in total. The van der Waals surface area contributed by atoms with Gasteiger partial charge in [-0.05, 0) is 18.6 Å².